The van der Waals surface area contributed by atoms with E-state index in [1.54, 1.807) is 0 Å². The third-order valence-corrected chi connectivity index (χ3v) is 2.20. The van der Waals surface area contributed by atoms with E-state index in [9.17, 15) is 18.3 Å². The highest BCUT2D eigenvalue weighted by atomic mass is 35.5. The third kappa shape index (κ3) is 2.26. The van der Waals surface area contributed by atoms with Crippen molar-refractivity contribution in [1.82, 2.24) is 9.97 Å². The normalized spacial score (nSPS) is 15.9. The molecule has 1 unspecified atom stereocenters. The van der Waals surface area contributed by atoms with E-state index in [-0.39, 0.29) is 5.56 Å². The van der Waals surface area contributed by atoms with Gasteiger partial charge in [-0.2, -0.15) is 13.2 Å². The van der Waals surface area contributed by atoms with E-state index in [0.29, 0.717) is 6.92 Å². The summed E-state index contributed by atoms with van der Waals surface area (Å²) in [6.07, 6.45) is -3.99. The van der Waals surface area contributed by atoms with Gasteiger partial charge in [-0.25, -0.2) is 9.97 Å². The molecule has 0 bridgehead atoms. The van der Waals surface area contributed by atoms with Gasteiger partial charge in [0.25, 0.3) is 0 Å². The number of nitrogens with zero attached hydrogens (tertiary/aromatic N) is 2. The highest BCUT2D eigenvalue weighted by molar-refractivity contribution is 6.28. The van der Waals surface area contributed by atoms with E-state index in [4.69, 9.17) is 16.7 Å². The summed E-state index contributed by atoms with van der Waals surface area (Å²) in [6.45, 7) is -0.191. The van der Waals surface area contributed by atoms with E-state index < -0.39 is 29.4 Å². The molecule has 1 aromatic heterocycles. The fraction of sp³-hybridized carbons (Fsp3) is 0.500. The number of alkyl halides is 3. The molecule has 8 heteroatoms. The molecule has 0 saturated carbocycles. The van der Waals surface area contributed by atoms with Gasteiger partial charge in [0.15, 0.2) is 5.60 Å². The topological polar surface area (TPSA) is 66.2 Å². The van der Waals surface area contributed by atoms with E-state index in [2.05, 4.69) is 9.97 Å². The Morgan fingerprint density at radius 1 is 1.44 bits per heavy atom. The summed E-state index contributed by atoms with van der Waals surface area (Å²) in [5, 5.41) is 17.8. The lowest BCUT2D eigenvalue weighted by Gasteiger charge is -2.27. The predicted molar refractivity (Wildman–Crippen MR) is 48.6 cm³/mol. The Hall–Kier alpha value is -0.920. The second-order valence-corrected chi connectivity index (χ2v) is 3.58. The van der Waals surface area contributed by atoms with Gasteiger partial charge in [0.2, 0.25) is 5.28 Å². The summed E-state index contributed by atoms with van der Waals surface area (Å²) in [5.41, 5.74) is -4.16. The zero-order valence-corrected chi connectivity index (χ0v) is 8.84. The smallest absolute Gasteiger partial charge is 0.392 e. The molecule has 0 radical (unpaired) electrons. The molecule has 4 nitrogen and oxygen atoms in total. The number of hydrogen-bond donors (Lipinski definition) is 2. The maximum absolute atomic E-state index is 12.5. The van der Waals surface area contributed by atoms with Crippen LogP contribution in [0.15, 0.2) is 6.20 Å². The van der Waals surface area contributed by atoms with Crippen LogP contribution in [-0.2, 0) is 12.2 Å². The van der Waals surface area contributed by atoms with Gasteiger partial charge in [-0.05, 0) is 18.5 Å². The molecule has 0 saturated heterocycles. The number of aliphatic hydroxyl groups is 2. The fourth-order valence-corrected chi connectivity index (χ4v) is 1.19. The van der Waals surface area contributed by atoms with Crippen molar-refractivity contribution in [3.05, 3.63) is 22.7 Å². The first-order chi connectivity index (χ1) is 7.20. The second-order valence-electron chi connectivity index (χ2n) is 3.24. The number of aromatic nitrogens is 2. The summed E-state index contributed by atoms with van der Waals surface area (Å²) >= 11 is 5.35. The maximum atomic E-state index is 12.5. The number of aliphatic hydroxyl groups excluding tert-OH is 1. The molecular formula is C8H8ClF3N2O2. The fourth-order valence-electron chi connectivity index (χ4n) is 1.06. The minimum Gasteiger partial charge on any atom is -0.392 e. The van der Waals surface area contributed by atoms with Gasteiger partial charge in [-0.3, -0.25) is 0 Å². The van der Waals surface area contributed by atoms with E-state index in [1.165, 1.54) is 0 Å². The number of rotatable bonds is 2. The lowest BCUT2D eigenvalue weighted by atomic mass is 9.98. The Bertz CT molecular complexity index is 395. The zero-order chi connectivity index (χ0) is 12.6. The number of halogens is 4. The molecule has 1 aromatic rings. The van der Waals surface area contributed by atoms with Crippen LogP contribution in [0.5, 0.6) is 0 Å². The Kier molecular flexibility index (Phi) is 3.41. The lowest BCUT2D eigenvalue weighted by Crippen LogP contribution is -2.41. The van der Waals surface area contributed by atoms with Gasteiger partial charge in [0, 0.05) is 11.8 Å². The predicted octanol–water partition coefficient (Wildman–Crippen LogP) is 1.39. The number of hydrogen-bond acceptors (Lipinski definition) is 4. The SMILES string of the molecule is CC(O)(c1nc(Cl)ncc1CO)C(F)(F)F. The quantitative estimate of drug-likeness (QED) is 0.785. The van der Waals surface area contributed by atoms with Crippen molar-refractivity contribution in [3.8, 4) is 0 Å². The summed E-state index contributed by atoms with van der Waals surface area (Å²) < 4.78 is 37.6. The van der Waals surface area contributed by atoms with Gasteiger partial charge < -0.3 is 10.2 Å². The summed E-state index contributed by atoms with van der Waals surface area (Å²) in [7, 11) is 0. The van der Waals surface area contributed by atoms with Gasteiger partial charge in [0.05, 0.1) is 12.3 Å². The van der Waals surface area contributed by atoms with Crippen molar-refractivity contribution in [2.75, 3.05) is 0 Å². The third-order valence-electron chi connectivity index (χ3n) is 2.02. The highest BCUT2D eigenvalue weighted by Crippen LogP contribution is 2.39. The van der Waals surface area contributed by atoms with Gasteiger partial charge in [-0.1, -0.05) is 0 Å². The molecule has 0 fully saturated rings. The van der Waals surface area contributed by atoms with Crippen LogP contribution in [0.1, 0.15) is 18.2 Å². The zero-order valence-electron chi connectivity index (χ0n) is 8.09. The minimum absolute atomic E-state index is 0.230. The molecule has 2 N–H and O–H groups in total. The van der Waals surface area contributed by atoms with Crippen molar-refractivity contribution in [2.24, 2.45) is 0 Å². The maximum Gasteiger partial charge on any atom is 0.422 e. The van der Waals surface area contributed by atoms with Crippen LogP contribution < -0.4 is 0 Å². The van der Waals surface area contributed by atoms with E-state index >= 15 is 0 Å². The molecule has 0 amide bonds. The van der Waals surface area contributed by atoms with E-state index in [1.807, 2.05) is 0 Å². The minimum atomic E-state index is -4.92. The largest absolute Gasteiger partial charge is 0.422 e. The molecule has 16 heavy (non-hydrogen) atoms. The van der Waals surface area contributed by atoms with Crippen LogP contribution in [0.2, 0.25) is 5.28 Å². The second kappa shape index (κ2) is 4.15. The first-order valence-electron chi connectivity index (χ1n) is 4.12. The molecule has 0 aliphatic rings. The van der Waals surface area contributed by atoms with Crippen molar-refractivity contribution in [1.29, 1.82) is 0 Å². The van der Waals surface area contributed by atoms with Crippen LogP contribution in [0.25, 0.3) is 0 Å². The summed E-state index contributed by atoms with van der Waals surface area (Å²) in [4.78, 5) is 6.73. The molecule has 1 rings (SSSR count). The first kappa shape index (κ1) is 13.1. The lowest BCUT2D eigenvalue weighted by molar-refractivity contribution is -0.260. The Labute approximate surface area is 93.7 Å². The Morgan fingerprint density at radius 3 is 2.44 bits per heavy atom. The molecule has 90 valence electrons. The molecule has 0 aliphatic heterocycles. The van der Waals surface area contributed by atoms with E-state index in [0.717, 1.165) is 6.20 Å². The monoisotopic (exact) mass is 256 g/mol. The van der Waals surface area contributed by atoms with Crippen LogP contribution in [0.4, 0.5) is 13.2 Å². The average Bonchev–Trinajstić information content (AvgIpc) is 2.16. The molecule has 0 spiro atoms. The van der Waals surface area contributed by atoms with Crippen molar-refractivity contribution >= 4 is 11.6 Å². The molecule has 1 heterocycles. The summed E-state index contributed by atoms with van der Waals surface area (Å²) in [6, 6.07) is 0. The first-order valence-corrected chi connectivity index (χ1v) is 4.49. The highest BCUT2D eigenvalue weighted by Gasteiger charge is 2.53. The summed E-state index contributed by atoms with van der Waals surface area (Å²) in [5.74, 6) is 0. The van der Waals surface area contributed by atoms with Crippen LogP contribution in [-0.4, -0.2) is 26.4 Å². The Morgan fingerprint density at radius 2 is 2.00 bits per heavy atom. The molecule has 0 aliphatic carbocycles. The van der Waals surface area contributed by atoms with Crippen molar-refractivity contribution < 1.29 is 23.4 Å². The van der Waals surface area contributed by atoms with Crippen LogP contribution >= 0.6 is 11.6 Å². The van der Waals surface area contributed by atoms with Crippen LogP contribution in [0.3, 0.4) is 0 Å². The molecule has 1 atom stereocenters. The van der Waals surface area contributed by atoms with Crippen LogP contribution in [0, 0.1) is 0 Å². The van der Waals surface area contributed by atoms with Gasteiger partial charge >= 0.3 is 6.18 Å². The van der Waals surface area contributed by atoms with Gasteiger partial charge in [0.1, 0.15) is 0 Å². The van der Waals surface area contributed by atoms with Crippen molar-refractivity contribution in [2.45, 2.75) is 25.3 Å². The molecular weight excluding hydrogens is 249 g/mol. The standard InChI is InChI=1S/C8H8ClF3N2O2/c1-7(16,8(10,11)12)5-4(3-15)2-13-6(9)14-5/h2,15-16H,3H2,1H3. The van der Waals surface area contributed by atoms with Gasteiger partial charge in [-0.15, -0.1) is 0 Å². The Balaban J connectivity index is 3.36. The molecule has 0 aromatic carbocycles. The average molecular weight is 257 g/mol. The van der Waals surface area contributed by atoms with Crippen molar-refractivity contribution in [3.63, 3.8) is 0 Å².